The predicted octanol–water partition coefficient (Wildman–Crippen LogP) is 2.44. The standard InChI is InChI=1S/C17H16N2O3/c1-12(20)19-11-16(22-15-10-6-5-9-14(15)19)17(21)18-13-7-3-2-4-8-13/h2-10,16H,11H2,1H3,(H,18,21). The van der Waals surface area contributed by atoms with Crippen molar-refractivity contribution in [2.45, 2.75) is 13.0 Å². The van der Waals surface area contributed by atoms with Crippen LogP contribution in [0.5, 0.6) is 5.75 Å². The summed E-state index contributed by atoms with van der Waals surface area (Å²) in [7, 11) is 0. The average molecular weight is 296 g/mol. The van der Waals surface area contributed by atoms with Crippen molar-refractivity contribution in [3.05, 3.63) is 54.6 Å². The molecule has 5 heteroatoms. The van der Waals surface area contributed by atoms with Crippen LogP contribution in [0.2, 0.25) is 0 Å². The van der Waals surface area contributed by atoms with Crippen LogP contribution in [-0.4, -0.2) is 24.5 Å². The molecule has 1 aliphatic rings. The van der Waals surface area contributed by atoms with Crippen LogP contribution < -0.4 is 15.0 Å². The molecule has 2 aromatic carbocycles. The molecule has 1 heterocycles. The lowest BCUT2D eigenvalue weighted by molar-refractivity contribution is -0.123. The number of carbonyl (C=O) groups excluding carboxylic acids is 2. The Kier molecular flexibility index (Phi) is 3.78. The summed E-state index contributed by atoms with van der Waals surface area (Å²) in [6.07, 6.45) is -0.737. The zero-order valence-electron chi connectivity index (χ0n) is 12.2. The van der Waals surface area contributed by atoms with Gasteiger partial charge in [-0.15, -0.1) is 0 Å². The molecule has 1 N–H and O–H groups in total. The van der Waals surface area contributed by atoms with E-state index in [-0.39, 0.29) is 18.4 Å². The third-order valence-corrected chi connectivity index (χ3v) is 3.49. The fourth-order valence-electron chi connectivity index (χ4n) is 2.41. The van der Waals surface area contributed by atoms with Crippen LogP contribution in [0.1, 0.15) is 6.92 Å². The molecule has 1 atom stereocenters. The lowest BCUT2D eigenvalue weighted by Crippen LogP contribution is -2.48. The van der Waals surface area contributed by atoms with Crippen molar-refractivity contribution in [3.63, 3.8) is 0 Å². The molecular weight excluding hydrogens is 280 g/mol. The fraction of sp³-hybridized carbons (Fsp3) is 0.176. The van der Waals surface area contributed by atoms with Crippen LogP contribution in [0.3, 0.4) is 0 Å². The minimum Gasteiger partial charge on any atom is -0.476 e. The minimum absolute atomic E-state index is 0.117. The van der Waals surface area contributed by atoms with Crippen molar-refractivity contribution in [2.75, 3.05) is 16.8 Å². The molecule has 0 aliphatic carbocycles. The predicted molar refractivity (Wildman–Crippen MR) is 84.0 cm³/mol. The molecule has 0 saturated carbocycles. The summed E-state index contributed by atoms with van der Waals surface area (Å²) in [6, 6.07) is 16.4. The van der Waals surface area contributed by atoms with Gasteiger partial charge >= 0.3 is 0 Å². The van der Waals surface area contributed by atoms with Gasteiger partial charge in [0.25, 0.3) is 5.91 Å². The van der Waals surface area contributed by atoms with Crippen molar-refractivity contribution >= 4 is 23.2 Å². The second kappa shape index (κ2) is 5.89. The van der Waals surface area contributed by atoms with E-state index in [1.165, 1.54) is 6.92 Å². The van der Waals surface area contributed by atoms with Gasteiger partial charge in [0, 0.05) is 12.6 Å². The molecule has 112 valence electrons. The number of amides is 2. The molecule has 0 aromatic heterocycles. The Hall–Kier alpha value is -2.82. The monoisotopic (exact) mass is 296 g/mol. The summed E-state index contributed by atoms with van der Waals surface area (Å²) in [6.45, 7) is 1.68. The van der Waals surface area contributed by atoms with Gasteiger partial charge in [-0.3, -0.25) is 9.59 Å². The van der Waals surface area contributed by atoms with Crippen LogP contribution in [-0.2, 0) is 9.59 Å². The molecule has 22 heavy (non-hydrogen) atoms. The smallest absolute Gasteiger partial charge is 0.267 e. The van der Waals surface area contributed by atoms with Gasteiger partial charge in [0.15, 0.2) is 6.10 Å². The summed E-state index contributed by atoms with van der Waals surface area (Å²) in [4.78, 5) is 25.8. The number of carbonyl (C=O) groups is 2. The van der Waals surface area contributed by atoms with Gasteiger partial charge in [-0.05, 0) is 24.3 Å². The van der Waals surface area contributed by atoms with Crippen LogP contribution in [0.15, 0.2) is 54.6 Å². The summed E-state index contributed by atoms with van der Waals surface area (Å²) >= 11 is 0. The number of benzene rings is 2. The maximum absolute atomic E-state index is 12.4. The van der Waals surface area contributed by atoms with Crippen molar-refractivity contribution < 1.29 is 14.3 Å². The number of fused-ring (bicyclic) bond motifs is 1. The van der Waals surface area contributed by atoms with Gasteiger partial charge in [0.05, 0.1) is 12.2 Å². The molecule has 3 rings (SSSR count). The number of nitrogens with one attached hydrogen (secondary N) is 1. The normalized spacial score (nSPS) is 16.4. The van der Waals surface area contributed by atoms with Crippen LogP contribution in [0.4, 0.5) is 11.4 Å². The lowest BCUT2D eigenvalue weighted by Gasteiger charge is -2.33. The van der Waals surface area contributed by atoms with Crippen molar-refractivity contribution in [3.8, 4) is 5.75 Å². The number of anilines is 2. The second-order valence-electron chi connectivity index (χ2n) is 5.06. The molecule has 5 nitrogen and oxygen atoms in total. The zero-order valence-corrected chi connectivity index (χ0v) is 12.2. The van der Waals surface area contributed by atoms with Crippen molar-refractivity contribution in [1.82, 2.24) is 0 Å². The first-order valence-electron chi connectivity index (χ1n) is 7.05. The van der Waals surface area contributed by atoms with E-state index in [0.717, 1.165) is 0 Å². The second-order valence-corrected chi connectivity index (χ2v) is 5.06. The highest BCUT2D eigenvalue weighted by Crippen LogP contribution is 2.33. The molecule has 2 aromatic rings. The quantitative estimate of drug-likeness (QED) is 0.926. The van der Waals surface area contributed by atoms with E-state index < -0.39 is 6.10 Å². The van der Waals surface area contributed by atoms with E-state index in [4.69, 9.17) is 4.74 Å². The summed E-state index contributed by atoms with van der Waals surface area (Å²) in [5.41, 5.74) is 1.39. The van der Waals surface area contributed by atoms with Crippen LogP contribution in [0, 0.1) is 0 Å². The average Bonchev–Trinajstić information content (AvgIpc) is 2.54. The van der Waals surface area contributed by atoms with E-state index in [9.17, 15) is 9.59 Å². The Morgan fingerprint density at radius 1 is 1.09 bits per heavy atom. The van der Waals surface area contributed by atoms with E-state index in [0.29, 0.717) is 17.1 Å². The zero-order chi connectivity index (χ0) is 15.5. The van der Waals surface area contributed by atoms with Crippen LogP contribution in [0.25, 0.3) is 0 Å². The molecular formula is C17H16N2O3. The maximum Gasteiger partial charge on any atom is 0.267 e. The molecule has 0 radical (unpaired) electrons. The van der Waals surface area contributed by atoms with E-state index in [2.05, 4.69) is 5.32 Å². The summed E-state index contributed by atoms with van der Waals surface area (Å²) in [5, 5.41) is 2.80. The fourth-order valence-corrected chi connectivity index (χ4v) is 2.41. The number of rotatable bonds is 2. The topological polar surface area (TPSA) is 58.6 Å². The highest BCUT2D eigenvalue weighted by molar-refractivity contribution is 5.99. The third kappa shape index (κ3) is 2.79. The van der Waals surface area contributed by atoms with Gasteiger partial charge < -0.3 is 15.0 Å². The first kappa shape index (κ1) is 14.1. The Bertz CT molecular complexity index is 700. The van der Waals surface area contributed by atoms with E-state index >= 15 is 0 Å². The number of nitrogens with zero attached hydrogens (tertiary/aromatic N) is 1. The molecule has 0 spiro atoms. The van der Waals surface area contributed by atoms with Crippen molar-refractivity contribution in [2.24, 2.45) is 0 Å². The molecule has 2 amide bonds. The van der Waals surface area contributed by atoms with E-state index in [1.54, 1.807) is 23.1 Å². The largest absolute Gasteiger partial charge is 0.476 e. The molecule has 0 bridgehead atoms. The number of hydrogen-bond donors (Lipinski definition) is 1. The maximum atomic E-state index is 12.4. The molecule has 1 unspecified atom stereocenters. The Labute approximate surface area is 128 Å². The van der Waals surface area contributed by atoms with Gasteiger partial charge in [-0.2, -0.15) is 0 Å². The van der Waals surface area contributed by atoms with Gasteiger partial charge in [-0.1, -0.05) is 30.3 Å². The Morgan fingerprint density at radius 3 is 2.50 bits per heavy atom. The molecule has 1 aliphatic heterocycles. The van der Waals surface area contributed by atoms with Gasteiger partial charge in [-0.25, -0.2) is 0 Å². The minimum atomic E-state index is -0.737. The number of para-hydroxylation sites is 3. The lowest BCUT2D eigenvalue weighted by atomic mass is 10.1. The first-order valence-corrected chi connectivity index (χ1v) is 7.05. The SMILES string of the molecule is CC(=O)N1CC(C(=O)Nc2ccccc2)Oc2ccccc21. The Morgan fingerprint density at radius 2 is 1.77 bits per heavy atom. The summed E-state index contributed by atoms with van der Waals surface area (Å²) < 4.78 is 5.74. The van der Waals surface area contributed by atoms with Gasteiger partial charge in [0.2, 0.25) is 5.91 Å². The number of ether oxygens (including phenoxy) is 1. The first-order chi connectivity index (χ1) is 10.6. The van der Waals surface area contributed by atoms with Gasteiger partial charge in [0.1, 0.15) is 5.75 Å². The Balaban J connectivity index is 1.81. The highest BCUT2D eigenvalue weighted by Gasteiger charge is 2.32. The molecule has 0 saturated heterocycles. The third-order valence-electron chi connectivity index (χ3n) is 3.49. The van der Waals surface area contributed by atoms with Crippen LogP contribution >= 0.6 is 0 Å². The van der Waals surface area contributed by atoms with Crippen molar-refractivity contribution in [1.29, 1.82) is 0 Å². The van der Waals surface area contributed by atoms with E-state index in [1.807, 2.05) is 36.4 Å². The summed E-state index contributed by atoms with van der Waals surface area (Å²) in [5.74, 6) is 0.150. The highest BCUT2D eigenvalue weighted by atomic mass is 16.5. The molecule has 0 fully saturated rings. The number of hydrogen-bond acceptors (Lipinski definition) is 3.